The molecule has 1 aromatic carbocycles. The first-order chi connectivity index (χ1) is 5.75. The fourth-order valence-electron chi connectivity index (χ4n) is 1.22. The second-order valence-corrected chi connectivity index (χ2v) is 3.10. The number of rotatable bonds is 3. The summed E-state index contributed by atoms with van der Waals surface area (Å²) in [6.45, 7) is 2.11. The van der Waals surface area contributed by atoms with Gasteiger partial charge in [-0.05, 0) is 24.2 Å². The molecule has 0 radical (unpaired) electrons. The molecule has 0 saturated carbocycles. The first-order valence-electron chi connectivity index (χ1n) is 4.07. The Morgan fingerprint density at radius 3 is 2.67 bits per heavy atom. The molecule has 64 valence electrons. The molecule has 1 rings (SSSR count). The van der Waals surface area contributed by atoms with E-state index in [2.05, 4.69) is 6.92 Å². The molecule has 0 aliphatic heterocycles. The molecule has 0 heterocycles. The van der Waals surface area contributed by atoms with Gasteiger partial charge in [0.25, 0.3) is 0 Å². The molecule has 12 heavy (non-hydrogen) atoms. The van der Waals surface area contributed by atoms with E-state index in [9.17, 15) is 0 Å². The third kappa shape index (κ3) is 2.05. The van der Waals surface area contributed by atoms with Crippen molar-refractivity contribution in [2.45, 2.75) is 19.8 Å². The van der Waals surface area contributed by atoms with E-state index in [-0.39, 0.29) is 5.05 Å². The summed E-state index contributed by atoms with van der Waals surface area (Å²) in [6.07, 6.45) is 2.04. The number of benzene rings is 1. The third-order valence-electron chi connectivity index (χ3n) is 1.77. The molecular weight excluding hydrogens is 168 g/mol. The van der Waals surface area contributed by atoms with Crippen LogP contribution in [0.4, 0.5) is 0 Å². The Hall–Kier alpha value is -0.890. The van der Waals surface area contributed by atoms with Crippen LogP contribution < -0.4 is 0 Å². The molecule has 0 fully saturated rings. The maximum absolute atomic E-state index is 9.16. The number of thiocarbonyl (C=S) groups is 1. The van der Waals surface area contributed by atoms with Crippen LogP contribution >= 0.6 is 12.2 Å². The SMILES string of the molecule is CCCc1ccccc1C(O)=S. The zero-order valence-electron chi connectivity index (χ0n) is 7.08. The molecule has 0 amide bonds. The second kappa shape index (κ2) is 4.21. The van der Waals surface area contributed by atoms with Gasteiger partial charge in [-0.3, -0.25) is 0 Å². The number of hydrogen-bond acceptors (Lipinski definition) is 1. The van der Waals surface area contributed by atoms with Gasteiger partial charge in [-0.1, -0.05) is 37.6 Å². The van der Waals surface area contributed by atoms with E-state index in [0.717, 1.165) is 24.0 Å². The summed E-state index contributed by atoms with van der Waals surface area (Å²) in [6, 6.07) is 7.71. The number of aliphatic hydroxyl groups is 1. The Kier molecular flexibility index (Phi) is 3.23. The van der Waals surface area contributed by atoms with Crippen molar-refractivity contribution >= 4 is 17.3 Å². The van der Waals surface area contributed by atoms with Crippen molar-refractivity contribution in [2.24, 2.45) is 0 Å². The summed E-state index contributed by atoms with van der Waals surface area (Å²) in [4.78, 5) is 0. The monoisotopic (exact) mass is 180 g/mol. The molecule has 1 N–H and O–H groups in total. The van der Waals surface area contributed by atoms with Gasteiger partial charge >= 0.3 is 0 Å². The zero-order valence-corrected chi connectivity index (χ0v) is 7.90. The van der Waals surface area contributed by atoms with Gasteiger partial charge in [0.1, 0.15) is 0 Å². The lowest BCUT2D eigenvalue weighted by molar-refractivity contribution is 0.570. The van der Waals surface area contributed by atoms with Crippen LogP contribution in [0.1, 0.15) is 24.5 Å². The fourth-order valence-corrected chi connectivity index (χ4v) is 1.42. The summed E-state index contributed by atoms with van der Waals surface area (Å²) in [5.41, 5.74) is 1.93. The fraction of sp³-hybridized carbons (Fsp3) is 0.300. The highest BCUT2D eigenvalue weighted by Gasteiger charge is 2.03. The Morgan fingerprint density at radius 2 is 2.08 bits per heavy atom. The van der Waals surface area contributed by atoms with E-state index >= 15 is 0 Å². The normalized spacial score (nSPS) is 9.75. The topological polar surface area (TPSA) is 20.2 Å². The van der Waals surface area contributed by atoms with Gasteiger partial charge in [0.2, 0.25) is 0 Å². The Labute approximate surface area is 78.0 Å². The first-order valence-corrected chi connectivity index (χ1v) is 4.47. The minimum absolute atomic E-state index is 0.000880. The van der Waals surface area contributed by atoms with Crippen molar-refractivity contribution < 1.29 is 5.11 Å². The Bertz CT molecular complexity index is 281. The molecule has 0 saturated heterocycles. The van der Waals surface area contributed by atoms with Crippen LogP contribution in [-0.2, 0) is 6.42 Å². The number of aliphatic hydroxyl groups excluding tert-OH is 1. The molecule has 0 aliphatic rings. The Balaban J connectivity index is 3.00. The van der Waals surface area contributed by atoms with Crippen LogP contribution in [0, 0.1) is 0 Å². The molecule has 1 nitrogen and oxygen atoms in total. The average Bonchev–Trinajstić information content (AvgIpc) is 2.05. The van der Waals surface area contributed by atoms with Gasteiger partial charge in [0, 0.05) is 5.56 Å². The largest absolute Gasteiger partial charge is 0.499 e. The van der Waals surface area contributed by atoms with Crippen LogP contribution in [0.25, 0.3) is 0 Å². The van der Waals surface area contributed by atoms with Crippen molar-refractivity contribution in [3.05, 3.63) is 35.4 Å². The molecular formula is C10H12OS. The quantitative estimate of drug-likeness (QED) is 0.722. The second-order valence-electron chi connectivity index (χ2n) is 2.71. The Morgan fingerprint density at radius 1 is 1.42 bits per heavy atom. The lowest BCUT2D eigenvalue weighted by Crippen LogP contribution is -2.00. The van der Waals surface area contributed by atoms with Gasteiger partial charge in [0.05, 0.1) is 0 Å². The van der Waals surface area contributed by atoms with Gasteiger partial charge in [-0.2, -0.15) is 0 Å². The molecule has 0 atom stereocenters. The third-order valence-corrected chi connectivity index (χ3v) is 1.99. The predicted molar refractivity (Wildman–Crippen MR) is 54.8 cm³/mol. The standard InChI is InChI=1S/C10H12OS/c1-2-5-8-6-3-4-7-9(8)10(11)12/h3-4,6-7H,2,5H2,1H3,(H,11,12). The van der Waals surface area contributed by atoms with Crippen molar-refractivity contribution in [1.29, 1.82) is 0 Å². The predicted octanol–water partition coefficient (Wildman–Crippen LogP) is 2.87. The van der Waals surface area contributed by atoms with Crippen molar-refractivity contribution in [2.75, 3.05) is 0 Å². The van der Waals surface area contributed by atoms with E-state index in [4.69, 9.17) is 17.3 Å². The summed E-state index contributed by atoms with van der Waals surface area (Å²) in [5, 5.41) is 9.16. The van der Waals surface area contributed by atoms with Crippen molar-refractivity contribution in [3.8, 4) is 0 Å². The van der Waals surface area contributed by atoms with Crippen LogP contribution in [0.2, 0.25) is 0 Å². The molecule has 0 aliphatic carbocycles. The van der Waals surface area contributed by atoms with Gasteiger partial charge in [-0.15, -0.1) is 0 Å². The number of hydrogen-bond donors (Lipinski definition) is 1. The highest BCUT2D eigenvalue weighted by Crippen LogP contribution is 2.11. The van der Waals surface area contributed by atoms with Crippen molar-refractivity contribution in [1.82, 2.24) is 0 Å². The molecule has 0 unspecified atom stereocenters. The lowest BCUT2D eigenvalue weighted by Gasteiger charge is -2.04. The first kappa shape index (κ1) is 9.20. The number of aryl methyl sites for hydroxylation is 1. The molecule has 0 spiro atoms. The summed E-state index contributed by atoms with van der Waals surface area (Å²) in [7, 11) is 0. The van der Waals surface area contributed by atoms with E-state index in [1.54, 1.807) is 0 Å². The minimum Gasteiger partial charge on any atom is -0.499 e. The summed E-state index contributed by atoms with van der Waals surface area (Å²) >= 11 is 4.72. The van der Waals surface area contributed by atoms with Gasteiger partial charge in [-0.25, -0.2) is 0 Å². The highest BCUT2D eigenvalue weighted by molar-refractivity contribution is 7.80. The minimum atomic E-state index is -0.000880. The van der Waals surface area contributed by atoms with E-state index in [1.165, 1.54) is 0 Å². The van der Waals surface area contributed by atoms with Crippen molar-refractivity contribution in [3.63, 3.8) is 0 Å². The zero-order chi connectivity index (χ0) is 8.97. The van der Waals surface area contributed by atoms with Crippen LogP contribution in [0.15, 0.2) is 24.3 Å². The molecule has 0 bridgehead atoms. The van der Waals surface area contributed by atoms with E-state index in [1.807, 2.05) is 24.3 Å². The van der Waals surface area contributed by atoms with Gasteiger partial charge < -0.3 is 5.11 Å². The van der Waals surface area contributed by atoms with Gasteiger partial charge in [0.15, 0.2) is 5.05 Å². The highest BCUT2D eigenvalue weighted by atomic mass is 32.1. The molecule has 1 aromatic rings. The smallest absolute Gasteiger partial charge is 0.188 e. The summed E-state index contributed by atoms with van der Waals surface area (Å²) in [5.74, 6) is 0. The maximum atomic E-state index is 9.16. The molecule has 0 aromatic heterocycles. The average molecular weight is 180 g/mol. The molecule has 2 heteroatoms. The van der Waals surface area contributed by atoms with Crippen LogP contribution in [-0.4, -0.2) is 10.2 Å². The summed E-state index contributed by atoms with van der Waals surface area (Å²) < 4.78 is 0. The van der Waals surface area contributed by atoms with E-state index < -0.39 is 0 Å². The maximum Gasteiger partial charge on any atom is 0.188 e. The van der Waals surface area contributed by atoms with E-state index in [0.29, 0.717) is 0 Å². The van der Waals surface area contributed by atoms with Crippen LogP contribution in [0.5, 0.6) is 0 Å². The van der Waals surface area contributed by atoms with Crippen LogP contribution in [0.3, 0.4) is 0 Å². The lowest BCUT2D eigenvalue weighted by atomic mass is 10.0.